The van der Waals surface area contributed by atoms with E-state index < -0.39 is 4.92 Å². The minimum Gasteiger partial charge on any atom is -0.507 e. The molecule has 1 aromatic rings. The summed E-state index contributed by atoms with van der Waals surface area (Å²) in [7, 11) is 0. The van der Waals surface area contributed by atoms with E-state index in [4.69, 9.17) is 5.11 Å². The largest absolute Gasteiger partial charge is 0.507 e. The number of nitro benzene ring substituents is 1. The molecule has 2 N–H and O–H groups in total. The molecule has 1 aromatic carbocycles. The summed E-state index contributed by atoms with van der Waals surface area (Å²) in [6.45, 7) is 1.77. The molecule has 0 spiro atoms. The first-order chi connectivity index (χ1) is 8.08. The molecule has 6 nitrogen and oxygen atoms in total. The lowest BCUT2D eigenvalue weighted by Gasteiger charge is -2.04. The number of aromatic hydroxyl groups is 1. The summed E-state index contributed by atoms with van der Waals surface area (Å²) in [6, 6.07) is 3.45. The molecule has 0 radical (unpaired) electrons. The molecular weight excluding hydrogens is 224 g/mol. The zero-order chi connectivity index (χ0) is 12.8. The Balaban J connectivity index is 2.97. The average Bonchev–Trinajstić information content (AvgIpc) is 2.32. The van der Waals surface area contributed by atoms with Gasteiger partial charge in [-0.2, -0.15) is 0 Å². The van der Waals surface area contributed by atoms with Crippen molar-refractivity contribution >= 4 is 11.9 Å². The summed E-state index contributed by atoms with van der Waals surface area (Å²) in [5.74, 6) is -0.0767. The highest BCUT2D eigenvalue weighted by Crippen LogP contribution is 2.21. The minimum absolute atomic E-state index is 0.0767. The number of non-ortho nitro benzene ring substituents is 1. The number of hydrogen-bond donors (Lipinski definition) is 2. The monoisotopic (exact) mass is 238 g/mol. The van der Waals surface area contributed by atoms with Gasteiger partial charge in [-0.3, -0.25) is 15.1 Å². The van der Waals surface area contributed by atoms with Crippen molar-refractivity contribution in [3.05, 3.63) is 33.9 Å². The average molecular weight is 238 g/mol. The fourth-order valence-corrected chi connectivity index (χ4v) is 1.23. The zero-order valence-corrected chi connectivity index (χ0v) is 9.41. The number of rotatable bonds is 5. The van der Waals surface area contributed by atoms with Crippen LogP contribution in [-0.2, 0) is 0 Å². The third-order valence-corrected chi connectivity index (χ3v) is 2.33. The van der Waals surface area contributed by atoms with Crippen molar-refractivity contribution in [3.63, 3.8) is 0 Å². The smallest absolute Gasteiger partial charge is 0.270 e. The molecule has 92 valence electrons. The van der Waals surface area contributed by atoms with Crippen LogP contribution < -0.4 is 0 Å². The van der Waals surface area contributed by atoms with Crippen LogP contribution in [0, 0.1) is 10.1 Å². The van der Waals surface area contributed by atoms with Crippen LogP contribution in [0.4, 0.5) is 5.69 Å². The lowest BCUT2D eigenvalue weighted by molar-refractivity contribution is -0.384. The van der Waals surface area contributed by atoms with Crippen molar-refractivity contribution in [1.82, 2.24) is 0 Å². The molecule has 0 fully saturated rings. The third kappa shape index (κ3) is 3.53. The van der Waals surface area contributed by atoms with Crippen LogP contribution >= 0.6 is 0 Å². The van der Waals surface area contributed by atoms with Crippen LogP contribution in [-0.4, -0.2) is 34.0 Å². The summed E-state index contributed by atoms with van der Waals surface area (Å²) in [4.78, 5) is 14.0. The van der Waals surface area contributed by atoms with Gasteiger partial charge in [0.15, 0.2) is 0 Å². The molecule has 0 aliphatic rings. The van der Waals surface area contributed by atoms with E-state index in [1.54, 1.807) is 0 Å². The van der Waals surface area contributed by atoms with Crippen molar-refractivity contribution in [2.24, 2.45) is 4.99 Å². The summed E-state index contributed by atoms with van der Waals surface area (Å²) in [5.41, 5.74) is 0.160. The summed E-state index contributed by atoms with van der Waals surface area (Å²) in [5, 5.41) is 29.0. The Morgan fingerprint density at radius 3 is 2.82 bits per heavy atom. The highest BCUT2D eigenvalue weighted by molar-refractivity contribution is 5.84. The van der Waals surface area contributed by atoms with Gasteiger partial charge in [-0.1, -0.05) is 6.92 Å². The maximum absolute atomic E-state index is 10.6. The number of nitrogens with zero attached hydrogens (tertiary/aromatic N) is 2. The fraction of sp³-hybridized carbons (Fsp3) is 0.364. The fourth-order valence-electron chi connectivity index (χ4n) is 1.23. The molecule has 0 aromatic heterocycles. The first kappa shape index (κ1) is 13.1. The Morgan fingerprint density at radius 2 is 2.29 bits per heavy atom. The van der Waals surface area contributed by atoms with Gasteiger partial charge < -0.3 is 10.2 Å². The molecule has 1 unspecified atom stereocenters. The number of aliphatic imine (C=N–C) groups is 1. The summed E-state index contributed by atoms with van der Waals surface area (Å²) >= 11 is 0. The Labute approximate surface area is 98.4 Å². The Kier molecular flexibility index (Phi) is 4.59. The lowest BCUT2D eigenvalue weighted by atomic mass is 10.2. The lowest BCUT2D eigenvalue weighted by Crippen LogP contribution is -2.08. The van der Waals surface area contributed by atoms with E-state index >= 15 is 0 Å². The summed E-state index contributed by atoms with van der Waals surface area (Å²) < 4.78 is 0. The molecule has 1 rings (SSSR count). The van der Waals surface area contributed by atoms with Gasteiger partial charge in [0, 0.05) is 23.9 Å². The molecule has 17 heavy (non-hydrogen) atoms. The number of hydrogen-bond acceptors (Lipinski definition) is 5. The van der Waals surface area contributed by atoms with E-state index in [9.17, 15) is 15.2 Å². The van der Waals surface area contributed by atoms with Gasteiger partial charge in [0.05, 0.1) is 17.6 Å². The van der Waals surface area contributed by atoms with E-state index in [1.165, 1.54) is 24.4 Å². The van der Waals surface area contributed by atoms with Crippen molar-refractivity contribution in [2.45, 2.75) is 19.4 Å². The predicted octanol–water partition coefficient (Wildman–Crippen LogP) is 1.49. The topological polar surface area (TPSA) is 96.0 Å². The van der Waals surface area contributed by atoms with Crippen LogP contribution in [0.5, 0.6) is 5.75 Å². The standard InChI is InChI=1S/C11H14N2O4/c1-2-9(7-14)12-6-8-5-10(13(16)17)3-4-11(8)15/h3-6,9,14-15H,2,7H2,1H3. The van der Waals surface area contributed by atoms with Crippen LogP contribution in [0.25, 0.3) is 0 Å². The van der Waals surface area contributed by atoms with Gasteiger partial charge in [0.1, 0.15) is 5.75 Å². The maximum Gasteiger partial charge on any atom is 0.270 e. The molecule has 0 heterocycles. The SMILES string of the molecule is CCC(CO)N=Cc1cc([N+](=O)[O-])ccc1O. The molecule has 0 aliphatic heterocycles. The quantitative estimate of drug-likeness (QED) is 0.461. The Morgan fingerprint density at radius 1 is 1.59 bits per heavy atom. The molecular formula is C11H14N2O4. The number of benzene rings is 1. The molecule has 0 bridgehead atoms. The number of aliphatic hydroxyl groups is 1. The van der Waals surface area contributed by atoms with Gasteiger partial charge in [0.2, 0.25) is 0 Å². The molecule has 0 aliphatic carbocycles. The first-order valence-corrected chi connectivity index (χ1v) is 5.20. The van der Waals surface area contributed by atoms with Gasteiger partial charge in [0.25, 0.3) is 5.69 Å². The number of phenols is 1. The normalized spacial score (nSPS) is 12.8. The van der Waals surface area contributed by atoms with Crippen LogP contribution in [0.15, 0.2) is 23.2 Å². The van der Waals surface area contributed by atoms with E-state index in [1.807, 2.05) is 6.92 Å². The highest BCUT2D eigenvalue weighted by Gasteiger charge is 2.09. The van der Waals surface area contributed by atoms with Gasteiger partial charge in [-0.15, -0.1) is 0 Å². The third-order valence-electron chi connectivity index (χ3n) is 2.33. The second-order valence-electron chi connectivity index (χ2n) is 3.52. The zero-order valence-electron chi connectivity index (χ0n) is 9.41. The van der Waals surface area contributed by atoms with Gasteiger partial charge in [-0.25, -0.2) is 0 Å². The number of aliphatic hydroxyl groups excluding tert-OH is 1. The van der Waals surface area contributed by atoms with Gasteiger partial charge in [-0.05, 0) is 12.5 Å². The first-order valence-electron chi connectivity index (χ1n) is 5.20. The van der Waals surface area contributed by atoms with E-state index in [2.05, 4.69) is 4.99 Å². The number of nitro groups is 1. The molecule has 6 heteroatoms. The molecule has 0 amide bonds. The van der Waals surface area contributed by atoms with Crippen molar-refractivity contribution < 1.29 is 15.1 Å². The predicted molar refractivity (Wildman–Crippen MR) is 63.5 cm³/mol. The van der Waals surface area contributed by atoms with Gasteiger partial charge >= 0.3 is 0 Å². The van der Waals surface area contributed by atoms with E-state index in [0.29, 0.717) is 6.42 Å². The molecule has 1 atom stereocenters. The highest BCUT2D eigenvalue weighted by atomic mass is 16.6. The Bertz CT molecular complexity index is 427. The second kappa shape index (κ2) is 5.95. The van der Waals surface area contributed by atoms with Crippen molar-refractivity contribution in [2.75, 3.05) is 6.61 Å². The van der Waals surface area contributed by atoms with Crippen molar-refractivity contribution in [3.8, 4) is 5.75 Å². The Hall–Kier alpha value is -1.95. The minimum atomic E-state index is -0.542. The van der Waals surface area contributed by atoms with Crippen LogP contribution in [0.1, 0.15) is 18.9 Å². The van der Waals surface area contributed by atoms with E-state index in [-0.39, 0.29) is 29.6 Å². The summed E-state index contributed by atoms with van der Waals surface area (Å²) in [6.07, 6.45) is 2.00. The maximum atomic E-state index is 10.6. The molecule has 0 saturated heterocycles. The van der Waals surface area contributed by atoms with Crippen molar-refractivity contribution in [1.29, 1.82) is 0 Å². The second-order valence-corrected chi connectivity index (χ2v) is 3.52. The van der Waals surface area contributed by atoms with Crippen LogP contribution in [0.2, 0.25) is 0 Å². The number of phenolic OH excluding ortho intramolecular Hbond substituents is 1. The van der Waals surface area contributed by atoms with Crippen LogP contribution in [0.3, 0.4) is 0 Å². The molecule has 0 saturated carbocycles. The van der Waals surface area contributed by atoms with E-state index in [0.717, 1.165) is 0 Å².